The highest BCUT2D eigenvalue weighted by Crippen LogP contribution is 2.54. The molecule has 1 heterocycles. The summed E-state index contributed by atoms with van der Waals surface area (Å²) in [6, 6.07) is 3.88. The lowest BCUT2D eigenvalue weighted by Gasteiger charge is -2.49. The van der Waals surface area contributed by atoms with Gasteiger partial charge in [0.15, 0.2) is 0 Å². The molecule has 0 aromatic carbocycles. The third-order valence-corrected chi connectivity index (χ3v) is 8.11. The molecule has 0 saturated heterocycles. The van der Waals surface area contributed by atoms with E-state index < -0.39 is 11.5 Å². The zero-order valence-corrected chi connectivity index (χ0v) is 18.3. The Morgan fingerprint density at radius 3 is 2.69 bits per heavy atom. The fraction of sp³-hybridized carbons (Fsp3) is 0.750. The number of nitrogens with two attached hydrogens (primary N) is 1. The summed E-state index contributed by atoms with van der Waals surface area (Å²) in [5.74, 6) is 3.25. The maximum atomic E-state index is 11.7. The van der Waals surface area contributed by atoms with Gasteiger partial charge in [-0.3, -0.25) is 9.78 Å². The van der Waals surface area contributed by atoms with Crippen molar-refractivity contribution in [3.63, 3.8) is 0 Å². The smallest absolute Gasteiger partial charge is 0.267 e. The average Bonchev–Trinajstić information content (AvgIpc) is 3.33. The molecule has 3 aliphatic rings. The van der Waals surface area contributed by atoms with E-state index in [1.54, 1.807) is 6.20 Å². The number of carbonyl (C=O) groups is 1. The van der Waals surface area contributed by atoms with Crippen molar-refractivity contribution in [2.45, 2.75) is 58.0 Å². The van der Waals surface area contributed by atoms with E-state index in [9.17, 15) is 4.79 Å². The first kappa shape index (κ1) is 20.8. The van der Waals surface area contributed by atoms with Gasteiger partial charge >= 0.3 is 0 Å². The summed E-state index contributed by atoms with van der Waals surface area (Å²) in [7, 11) is 1.83. The lowest BCUT2D eigenvalue weighted by atomic mass is 9.65. The van der Waals surface area contributed by atoms with Crippen molar-refractivity contribution in [2.75, 3.05) is 26.7 Å². The average molecular weight is 400 g/mol. The Morgan fingerprint density at radius 2 is 2.03 bits per heavy atom. The van der Waals surface area contributed by atoms with Crippen LogP contribution in [-0.2, 0) is 10.3 Å². The van der Waals surface area contributed by atoms with Gasteiger partial charge in [-0.15, -0.1) is 0 Å². The molecule has 6 atom stereocenters. The largest absolute Gasteiger partial charge is 0.373 e. The highest BCUT2D eigenvalue weighted by molar-refractivity contribution is 5.90. The fourth-order valence-corrected chi connectivity index (χ4v) is 6.54. The highest BCUT2D eigenvalue weighted by Gasteiger charge is 2.49. The van der Waals surface area contributed by atoms with Crippen LogP contribution in [0.4, 0.5) is 0 Å². The van der Waals surface area contributed by atoms with Crippen molar-refractivity contribution < 1.29 is 9.53 Å². The maximum absolute atomic E-state index is 11.7. The van der Waals surface area contributed by atoms with Crippen LogP contribution in [0.15, 0.2) is 18.3 Å². The van der Waals surface area contributed by atoms with E-state index in [0.29, 0.717) is 17.5 Å². The SMILES string of the molecule is CCN(CC1C[C@@H]2C[C@@H]2C1)CC1CCCC(C)C1(OC)c1ccnc(C(N)=O)c1. The molecule has 4 rings (SSSR count). The minimum Gasteiger partial charge on any atom is -0.373 e. The van der Waals surface area contributed by atoms with E-state index in [4.69, 9.17) is 10.5 Å². The molecule has 0 spiro atoms. The Hall–Kier alpha value is -1.46. The highest BCUT2D eigenvalue weighted by atomic mass is 16.5. The second kappa shape index (κ2) is 8.35. The van der Waals surface area contributed by atoms with Crippen LogP contribution in [0.25, 0.3) is 0 Å². The number of amides is 1. The molecule has 1 amide bonds. The minimum absolute atomic E-state index is 0.327. The topological polar surface area (TPSA) is 68.4 Å². The van der Waals surface area contributed by atoms with Crippen LogP contribution >= 0.6 is 0 Å². The van der Waals surface area contributed by atoms with Crippen molar-refractivity contribution in [1.29, 1.82) is 0 Å². The van der Waals surface area contributed by atoms with Crippen LogP contribution in [0.1, 0.15) is 68.4 Å². The lowest BCUT2D eigenvalue weighted by Crippen LogP contribution is -2.50. The number of fused-ring (bicyclic) bond motifs is 1. The normalized spacial score (nSPS) is 36.2. The van der Waals surface area contributed by atoms with Crippen molar-refractivity contribution in [3.05, 3.63) is 29.6 Å². The molecule has 2 N–H and O–H groups in total. The molecule has 0 radical (unpaired) electrons. The van der Waals surface area contributed by atoms with Crippen molar-refractivity contribution in [3.8, 4) is 0 Å². The molecule has 3 saturated carbocycles. The molecule has 1 aromatic rings. The van der Waals surface area contributed by atoms with Gasteiger partial charge in [0.2, 0.25) is 0 Å². The number of ether oxygens (including phenoxy) is 1. The Bertz CT molecular complexity index is 729. The van der Waals surface area contributed by atoms with Crippen molar-refractivity contribution in [2.24, 2.45) is 35.3 Å². The Labute approximate surface area is 175 Å². The van der Waals surface area contributed by atoms with Crippen LogP contribution in [0.3, 0.4) is 0 Å². The van der Waals surface area contributed by atoms with Gasteiger partial charge in [0.25, 0.3) is 5.91 Å². The van der Waals surface area contributed by atoms with Gasteiger partial charge in [0.1, 0.15) is 5.69 Å². The van der Waals surface area contributed by atoms with Crippen LogP contribution < -0.4 is 5.73 Å². The molecular formula is C24H37N3O2. The molecule has 5 heteroatoms. The summed E-state index contributed by atoms with van der Waals surface area (Å²) in [4.78, 5) is 18.6. The third-order valence-electron chi connectivity index (χ3n) is 8.11. The van der Waals surface area contributed by atoms with Crippen LogP contribution in [0.2, 0.25) is 0 Å². The molecule has 5 nitrogen and oxygen atoms in total. The Balaban J connectivity index is 1.57. The number of methoxy groups -OCH3 is 1. The molecule has 0 aliphatic heterocycles. The van der Waals surface area contributed by atoms with Crippen molar-refractivity contribution >= 4 is 5.91 Å². The summed E-state index contributed by atoms with van der Waals surface area (Å²) in [6.07, 6.45) is 9.58. The number of carbonyl (C=O) groups excluding carboxylic acids is 1. The van der Waals surface area contributed by atoms with Gasteiger partial charge in [-0.25, -0.2) is 0 Å². The number of primary amides is 1. The number of rotatable bonds is 8. The van der Waals surface area contributed by atoms with Gasteiger partial charge in [-0.2, -0.15) is 0 Å². The van der Waals surface area contributed by atoms with Gasteiger partial charge < -0.3 is 15.4 Å². The van der Waals surface area contributed by atoms with E-state index >= 15 is 0 Å². The third kappa shape index (κ3) is 3.96. The monoisotopic (exact) mass is 399 g/mol. The second-order valence-electron chi connectivity index (χ2n) is 9.77. The molecule has 29 heavy (non-hydrogen) atoms. The standard InChI is InChI=1S/C24H37N3O2/c1-4-27(14-17-10-18-12-19(18)11-17)15-21-7-5-6-16(2)24(21,29-3)20-8-9-26-22(13-20)23(25)28/h8-9,13,16-19,21H,4-7,10-12,14-15H2,1-3H3,(H2,25,28)/t16?,17?,18-,19+,21?,24?. The van der Waals surface area contributed by atoms with Crippen LogP contribution in [-0.4, -0.2) is 42.5 Å². The molecule has 0 bridgehead atoms. The van der Waals surface area contributed by atoms with Gasteiger partial charge in [-0.1, -0.05) is 20.3 Å². The Kier molecular flexibility index (Phi) is 5.99. The van der Waals surface area contributed by atoms with Gasteiger partial charge in [-0.05, 0) is 80.0 Å². The molecular weight excluding hydrogens is 362 g/mol. The second-order valence-corrected chi connectivity index (χ2v) is 9.77. The first-order valence-electron chi connectivity index (χ1n) is 11.5. The van der Waals surface area contributed by atoms with Gasteiger partial charge in [0.05, 0.1) is 5.60 Å². The van der Waals surface area contributed by atoms with E-state index in [0.717, 1.165) is 49.2 Å². The molecule has 1 aromatic heterocycles. The van der Waals surface area contributed by atoms with E-state index in [1.165, 1.54) is 32.2 Å². The minimum atomic E-state index is -0.479. The summed E-state index contributed by atoms with van der Waals surface area (Å²) < 4.78 is 6.36. The first-order valence-corrected chi connectivity index (χ1v) is 11.5. The number of hydrogen-bond donors (Lipinski definition) is 1. The fourth-order valence-electron chi connectivity index (χ4n) is 6.54. The number of nitrogens with zero attached hydrogens (tertiary/aromatic N) is 2. The van der Waals surface area contributed by atoms with E-state index in [2.05, 4.69) is 23.7 Å². The zero-order valence-electron chi connectivity index (χ0n) is 18.3. The summed E-state index contributed by atoms with van der Waals surface area (Å²) in [5.41, 5.74) is 6.51. The summed E-state index contributed by atoms with van der Waals surface area (Å²) in [6.45, 7) is 7.93. The summed E-state index contributed by atoms with van der Waals surface area (Å²) >= 11 is 0. The number of aromatic nitrogens is 1. The van der Waals surface area contributed by atoms with Gasteiger partial charge in [0, 0.05) is 32.3 Å². The first-order chi connectivity index (χ1) is 14.0. The summed E-state index contributed by atoms with van der Waals surface area (Å²) in [5, 5.41) is 0. The lowest BCUT2D eigenvalue weighted by molar-refractivity contribution is -0.133. The van der Waals surface area contributed by atoms with Crippen LogP contribution in [0, 0.1) is 29.6 Å². The molecule has 4 unspecified atom stereocenters. The molecule has 3 fully saturated rings. The number of hydrogen-bond acceptors (Lipinski definition) is 4. The molecule has 160 valence electrons. The molecule has 3 aliphatic carbocycles. The van der Waals surface area contributed by atoms with E-state index in [-0.39, 0.29) is 0 Å². The predicted molar refractivity (Wildman–Crippen MR) is 114 cm³/mol. The predicted octanol–water partition coefficient (Wildman–Crippen LogP) is 3.83. The Morgan fingerprint density at radius 1 is 1.28 bits per heavy atom. The van der Waals surface area contributed by atoms with Crippen LogP contribution in [0.5, 0.6) is 0 Å². The zero-order chi connectivity index (χ0) is 20.6. The number of pyridine rings is 1. The van der Waals surface area contributed by atoms with Crippen molar-refractivity contribution in [1.82, 2.24) is 9.88 Å². The quantitative estimate of drug-likeness (QED) is 0.721. The van der Waals surface area contributed by atoms with E-state index in [1.807, 2.05) is 19.2 Å². The maximum Gasteiger partial charge on any atom is 0.267 e.